The second-order valence-electron chi connectivity index (χ2n) is 7.01. The first-order valence-corrected chi connectivity index (χ1v) is 10.1. The van der Waals surface area contributed by atoms with Gasteiger partial charge in [0.05, 0.1) is 11.9 Å². The van der Waals surface area contributed by atoms with Crippen molar-refractivity contribution in [2.45, 2.75) is 0 Å². The fraction of sp³-hybridized carbons (Fsp3) is 0.174. The highest BCUT2D eigenvalue weighted by atomic mass is 35.5. The van der Waals surface area contributed by atoms with Crippen LogP contribution in [0.4, 0.5) is 0 Å². The van der Waals surface area contributed by atoms with E-state index in [0.717, 1.165) is 11.3 Å². The van der Waals surface area contributed by atoms with E-state index >= 15 is 0 Å². The van der Waals surface area contributed by atoms with Crippen molar-refractivity contribution in [3.05, 3.63) is 89.2 Å². The molecular weight excluding hydrogens is 400 g/mol. The van der Waals surface area contributed by atoms with Crippen molar-refractivity contribution in [2.24, 2.45) is 0 Å². The number of hydrogen-bond acceptors (Lipinski definition) is 3. The summed E-state index contributed by atoms with van der Waals surface area (Å²) in [5.41, 5.74) is 2.42. The lowest BCUT2D eigenvalue weighted by Gasteiger charge is -2.34. The standard InChI is InChI=1S/C23H21ClN4O2/c24-20-9-7-19(8-10-20)23(30)27-14-12-26(13-15-27)22(29)11-6-18-16-25-28(17-18)21-4-2-1-3-5-21/h1-11,16-17H,12-15H2/b11-6+. The van der Waals surface area contributed by atoms with Crippen LogP contribution in [0.25, 0.3) is 11.8 Å². The first kappa shape index (κ1) is 19.9. The summed E-state index contributed by atoms with van der Waals surface area (Å²) in [6.45, 7) is 2.03. The van der Waals surface area contributed by atoms with Crippen LogP contribution in [-0.2, 0) is 4.79 Å². The molecule has 0 saturated carbocycles. The van der Waals surface area contributed by atoms with Gasteiger partial charge in [0.15, 0.2) is 0 Å². The first-order valence-electron chi connectivity index (χ1n) is 9.72. The van der Waals surface area contributed by atoms with Gasteiger partial charge in [-0.3, -0.25) is 9.59 Å². The van der Waals surface area contributed by atoms with E-state index in [1.807, 2.05) is 36.5 Å². The van der Waals surface area contributed by atoms with E-state index in [9.17, 15) is 9.59 Å². The Hall–Kier alpha value is -3.38. The van der Waals surface area contributed by atoms with Crippen LogP contribution in [0.2, 0.25) is 5.02 Å². The molecule has 0 bridgehead atoms. The number of nitrogens with zero attached hydrogens (tertiary/aromatic N) is 4. The van der Waals surface area contributed by atoms with Crippen molar-refractivity contribution in [1.82, 2.24) is 19.6 Å². The molecule has 1 aliphatic rings. The Bertz CT molecular complexity index is 1050. The van der Waals surface area contributed by atoms with Gasteiger partial charge in [-0.1, -0.05) is 29.8 Å². The summed E-state index contributed by atoms with van der Waals surface area (Å²) in [6, 6.07) is 16.7. The second kappa shape index (κ2) is 8.97. The molecule has 0 radical (unpaired) electrons. The Kier molecular flexibility index (Phi) is 5.95. The number of rotatable bonds is 4. The molecule has 2 amide bonds. The van der Waals surface area contributed by atoms with Crippen LogP contribution in [0, 0.1) is 0 Å². The predicted octanol–water partition coefficient (Wildman–Crippen LogP) is 3.52. The van der Waals surface area contributed by atoms with E-state index in [-0.39, 0.29) is 11.8 Å². The van der Waals surface area contributed by atoms with Gasteiger partial charge in [0.1, 0.15) is 0 Å². The maximum atomic E-state index is 12.6. The highest BCUT2D eigenvalue weighted by Gasteiger charge is 2.23. The molecular formula is C23H21ClN4O2. The van der Waals surface area contributed by atoms with Crippen LogP contribution < -0.4 is 0 Å². The molecule has 2 heterocycles. The third kappa shape index (κ3) is 4.60. The molecule has 2 aromatic carbocycles. The summed E-state index contributed by atoms with van der Waals surface area (Å²) in [5.74, 6) is -0.108. The maximum absolute atomic E-state index is 12.6. The van der Waals surface area contributed by atoms with Gasteiger partial charge in [-0.25, -0.2) is 4.68 Å². The van der Waals surface area contributed by atoms with Crippen molar-refractivity contribution in [2.75, 3.05) is 26.2 Å². The molecule has 1 fully saturated rings. The molecule has 6 nitrogen and oxygen atoms in total. The summed E-state index contributed by atoms with van der Waals surface area (Å²) in [5, 5.41) is 4.93. The third-order valence-corrected chi connectivity index (χ3v) is 5.26. The van der Waals surface area contributed by atoms with Crippen molar-refractivity contribution < 1.29 is 9.59 Å². The molecule has 4 rings (SSSR count). The lowest BCUT2D eigenvalue weighted by Crippen LogP contribution is -2.50. The lowest BCUT2D eigenvalue weighted by molar-refractivity contribution is -0.127. The second-order valence-corrected chi connectivity index (χ2v) is 7.45. The van der Waals surface area contributed by atoms with Crippen LogP contribution >= 0.6 is 11.6 Å². The van der Waals surface area contributed by atoms with Crippen molar-refractivity contribution >= 4 is 29.5 Å². The average molecular weight is 421 g/mol. The van der Waals surface area contributed by atoms with E-state index < -0.39 is 0 Å². The number of carbonyl (C=O) groups is 2. The number of carbonyl (C=O) groups excluding carboxylic acids is 2. The molecule has 3 aromatic rings. The van der Waals surface area contributed by atoms with Gasteiger partial charge in [0.25, 0.3) is 5.91 Å². The first-order chi connectivity index (χ1) is 14.6. The van der Waals surface area contributed by atoms with Crippen molar-refractivity contribution in [1.29, 1.82) is 0 Å². The molecule has 30 heavy (non-hydrogen) atoms. The summed E-state index contributed by atoms with van der Waals surface area (Å²) in [6.07, 6.45) is 6.92. The number of hydrogen-bond donors (Lipinski definition) is 0. The summed E-state index contributed by atoms with van der Waals surface area (Å²) in [7, 11) is 0. The fourth-order valence-electron chi connectivity index (χ4n) is 3.32. The summed E-state index contributed by atoms with van der Waals surface area (Å²) >= 11 is 5.88. The van der Waals surface area contributed by atoms with E-state index in [1.165, 1.54) is 0 Å². The Labute approximate surface area is 180 Å². The Morgan fingerprint density at radius 2 is 1.57 bits per heavy atom. The summed E-state index contributed by atoms with van der Waals surface area (Å²) in [4.78, 5) is 28.6. The van der Waals surface area contributed by atoms with Gasteiger partial charge in [-0.2, -0.15) is 5.10 Å². The van der Waals surface area contributed by atoms with E-state index in [1.54, 1.807) is 57.1 Å². The molecule has 0 N–H and O–H groups in total. The Balaban J connectivity index is 1.32. The van der Waals surface area contributed by atoms with Crippen molar-refractivity contribution in [3.63, 3.8) is 0 Å². The smallest absolute Gasteiger partial charge is 0.253 e. The average Bonchev–Trinajstić information content (AvgIpc) is 3.27. The Morgan fingerprint density at radius 3 is 2.27 bits per heavy atom. The van der Waals surface area contributed by atoms with Gasteiger partial charge in [-0.05, 0) is 42.5 Å². The van der Waals surface area contributed by atoms with Crippen LogP contribution in [0.15, 0.2) is 73.1 Å². The predicted molar refractivity (Wildman–Crippen MR) is 117 cm³/mol. The number of amides is 2. The monoisotopic (exact) mass is 420 g/mol. The highest BCUT2D eigenvalue weighted by molar-refractivity contribution is 6.30. The number of aromatic nitrogens is 2. The zero-order valence-corrected chi connectivity index (χ0v) is 17.1. The molecule has 0 aliphatic carbocycles. The van der Waals surface area contributed by atoms with Gasteiger partial charge in [0.2, 0.25) is 5.91 Å². The minimum atomic E-state index is -0.0685. The SMILES string of the molecule is O=C(/C=C/c1cnn(-c2ccccc2)c1)N1CCN(C(=O)c2ccc(Cl)cc2)CC1. The third-order valence-electron chi connectivity index (χ3n) is 5.01. The molecule has 0 unspecified atom stereocenters. The minimum Gasteiger partial charge on any atom is -0.336 e. The zero-order valence-electron chi connectivity index (χ0n) is 16.3. The molecule has 152 valence electrons. The molecule has 0 atom stereocenters. The fourth-order valence-corrected chi connectivity index (χ4v) is 3.45. The number of para-hydroxylation sites is 1. The highest BCUT2D eigenvalue weighted by Crippen LogP contribution is 2.14. The Morgan fingerprint density at radius 1 is 0.900 bits per heavy atom. The van der Waals surface area contributed by atoms with Crippen LogP contribution in [0.3, 0.4) is 0 Å². The van der Waals surface area contributed by atoms with E-state index in [4.69, 9.17) is 11.6 Å². The van der Waals surface area contributed by atoms with E-state index in [2.05, 4.69) is 5.10 Å². The zero-order chi connectivity index (χ0) is 20.9. The van der Waals surface area contributed by atoms with Gasteiger partial charge in [-0.15, -0.1) is 0 Å². The normalized spacial score (nSPS) is 14.3. The topological polar surface area (TPSA) is 58.4 Å². The number of piperazine rings is 1. The van der Waals surface area contributed by atoms with Gasteiger partial charge >= 0.3 is 0 Å². The van der Waals surface area contributed by atoms with E-state index in [0.29, 0.717) is 36.8 Å². The van der Waals surface area contributed by atoms with Crippen LogP contribution in [-0.4, -0.2) is 57.6 Å². The van der Waals surface area contributed by atoms with Crippen LogP contribution in [0.5, 0.6) is 0 Å². The largest absolute Gasteiger partial charge is 0.336 e. The lowest BCUT2D eigenvalue weighted by atomic mass is 10.2. The van der Waals surface area contributed by atoms with Gasteiger partial charge < -0.3 is 9.80 Å². The molecule has 1 saturated heterocycles. The molecule has 0 spiro atoms. The summed E-state index contributed by atoms with van der Waals surface area (Å²) < 4.78 is 1.77. The minimum absolute atomic E-state index is 0.0392. The number of benzene rings is 2. The molecule has 1 aliphatic heterocycles. The number of halogens is 1. The van der Waals surface area contributed by atoms with Gasteiger partial charge in [0, 0.05) is 54.6 Å². The maximum Gasteiger partial charge on any atom is 0.253 e. The van der Waals surface area contributed by atoms with Crippen molar-refractivity contribution in [3.8, 4) is 5.69 Å². The molecule has 7 heteroatoms. The molecule has 1 aromatic heterocycles. The van der Waals surface area contributed by atoms with Crippen LogP contribution in [0.1, 0.15) is 15.9 Å². The quantitative estimate of drug-likeness (QED) is 0.607.